The monoisotopic (exact) mass is 287 g/mol. The zero-order valence-corrected chi connectivity index (χ0v) is 13.4. The van der Waals surface area contributed by atoms with Crippen LogP contribution in [0.4, 0.5) is 0 Å². The van der Waals surface area contributed by atoms with Gasteiger partial charge in [-0.15, -0.1) is 0 Å². The van der Waals surface area contributed by atoms with Gasteiger partial charge in [-0.3, -0.25) is 4.68 Å². The minimum atomic E-state index is 0.296. The highest BCUT2D eigenvalue weighted by atomic mass is 16.5. The van der Waals surface area contributed by atoms with Gasteiger partial charge in [-0.25, -0.2) is 0 Å². The molecule has 0 spiro atoms. The van der Waals surface area contributed by atoms with Crippen LogP contribution in [0.15, 0.2) is 30.6 Å². The van der Waals surface area contributed by atoms with E-state index in [1.165, 1.54) is 16.7 Å². The van der Waals surface area contributed by atoms with Gasteiger partial charge in [0.2, 0.25) is 0 Å². The topological polar surface area (TPSA) is 39.1 Å². The van der Waals surface area contributed by atoms with E-state index in [-0.39, 0.29) is 0 Å². The maximum Gasteiger partial charge on any atom is 0.123 e. The Morgan fingerprint density at radius 2 is 2.19 bits per heavy atom. The molecule has 4 heteroatoms. The Balaban J connectivity index is 2.16. The molecular formula is C17H25N3O. The van der Waals surface area contributed by atoms with Crippen LogP contribution in [0.25, 0.3) is 0 Å². The lowest BCUT2D eigenvalue weighted by atomic mass is 9.97. The average Bonchev–Trinajstić information content (AvgIpc) is 2.89. The summed E-state index contributed by atoms with van der Waals surface area (Å²) in [5.41, 5.74) is 3.77. The Morgan fingerprint density at radius 3 is 2.81 bits per heavy atom. The summed E-state index contributed by atoms with van der Waals surface area (Å²) in [6.45, 7) is 5.20. The Morgan fingerprint density at radius 1 is 1.38 bits per heavy atom. The third-order valence-electron chi connectivity index (χ3n) is 3.69. The van der Waals surface area contributed by atoms with Crippen LogP contribution in [0.2, 0.25) is 0 Å². The van der Waals surface area contributed by atoms with Gasteiger partial charge in [0.25, 0.3) is 0 Å². The molecule has 0 amide bonds. The summed E-state index contributed by atoms with van der Waals surface area (Å²) in [6.07, 6.45) is 6.05. The normalized spacial score (nSPS) is 12.4. The highest BCUT2D eigenvalue weighted by Crippen LogP contribution is 2.29. The highest BCUT2D eigenvalue weighted by Gasteiger charge is 2.15. The Kier molecular flexibility index (Phi) is 5.39. The Bertz CT molecular complexity index is 577. The second-order valence-corrected chi connectivity index (χ2v) is 5.42. The lowest BCUT2D eigenvalue weighted by Crippen LogP contribution is -2.22. The number of aryl methyl sites for hydroxylation is 3. The van der Waals surface area contributed by atoms with Crippen LogP contribution in [-0.4, -0.2) is 23.4 Å². The van der Waals surface area contributed by atoms with Crippen molar-refractivity contribution in [2.24, 2.45) is 7.05 Å². The van der Waals surface area contributed by atoms with E-state index in [1.54, 1.807) is 7.11 Å². The van der Waals surface area contributed by atoms with Crippen molar-refractivity contribution in [3.05, 3.63) is 47.3 Å². The van der Waals surface area contributed by atoms with Crippen molar-refractivity contribution in [3.63, 3.8) is 0 Å². The quantitative estimate of drug-likeness (QED) is 0.851. The fourth-order valence-electron chi connectivity index (χ4n) is 2.65. The van der Waals surface area contributed by atoms with Crippen molar-refractivity contribution in [2.75, 3.05) is 13.7 Å². The summed E-state index contributed by atoms with van der Waals surface area (Å²) in [5, 5.41) is 7.80. The van der Waals surface area contributed by atoms with Crippen molar-refractivity contribution in [2.45, 2.75) is 32.7 Å². The summed E-state index contributed by atoms with van der Waals surface area (Å²) in [5.74, 6) is 0.956. The fourth-order valence-corrected chi connectivity index (χ4v) is 2.65. The first kappa shape index (κ1) is 15.6. The lowest BCUT2D eigenvalue weighted by molar-refractivity contribution is 0.396. The zero-order valence-electron chi connectivity index (χ0n) is 13.4. The van der Waals surface area contributed by atoms with E-state index in [9.17, 15) is 0 Å². The summed E-state index contributed by atoms with van der Waals surface area (Å²) in [7, 11) is 3.69. The van der Waals surface area contributed by atoms with Crippen molar-refractivity contribution < 1.29 is 4.74 Å². The molecule has 1 aromatic carbocycles. The molecule has 1 unspecified atom stereocenters. The highest BCUT2D eigenvalue weighted by molar-refractivity contribution is 5.39. The molecule has 2 rings (SSSR count). The van der Waals surface area contributed by atoms with Crippen molar-refractivity contribution in [1.82, 2.24) is 15.1 Å². The smallest absolute Gasteiger partial charge is 0.123 e. The third kappa shape index (κ3) is 4.08. The van der Waals surface area contributed by atoms with Gasteiger partial charge in [0.05, 0.1) is 13.3 Å². The molecule has 4 nitrogen and oxygen atoms in total. The third-order valence-corrected chi connectivity index (χ3v) is 3.69. The largest absolute Gasteiger partial charge is 0.496 e. The maximum atomic E-state index is 5.53. The van der Waals surface area contributed by atoms with Crippen LogP contribution in [0.3, 0.4) is 0 Å². The van der Waals surface area contributed by atoms with Crippen molar-refractivity contribution in [1.29, 1.82) is 0 Å². The SMILES string of the molecule is CCNC(CCc1cnn(C)c1)c1cc(C)ccc1OC. The molecule has 2 aromatic rings. The average molecular weight is 287 g/mol. The molecule has 0 bridgehead atoms. The Labute approximate surface area is 127 Å². The van der Waals surface area contributed by atoms with Crippen LogP contribution < -0.4 is 10.1 Å². The molecule has 1 atom stereocenters. The van der Waals surface area contributed by atoms with E-state index in [0.717, 1.165) is 25.1 Å². The maximum absolute atomic E-state index is 5.53. The van der Waals surface area contributed by atoms with E-state index in [1.807, 2.05) is 17.9 Å². The van der Waals surface area contributed by atoms with Crippen molar-refractivity contribution >= 4 is 0 Å². The number of nitrogens with one attached hydrogen (secondary N) is 1. The molecule has 0 aliphatic heterocycles. The predicted molar refractivity (Wildman–Crippen MR) is 85.7 cm³/mol. The van der Waals surface area contributed by atoms with Crippen molar-refractivity contribution in [3.8, 4) is 5.75 Å². The van der Waals surface area contributed by atoms with Gasteiger partial charge in [0.1, 0.15) is 5.75 Å². The molecule has 0 aliphatic rings. The molecule has 0 radical (unpaired) electrons. The summed E-state index contributed by atoms with van der Waals surface area (Å²) in [4.78, 5) is 0. The van der Waals surface area contributed by atoms with E-state index >= 15 is 0 Å². The van der Waals surface area contributed by atoms with Gasteiger partial charge >= 0.3 is 0 Å². The van der Waals surface area contributed by atoms with Gasteiger partial charge in [-0.2, -0.15) is 5.10 Å². The molecule has 0 saturated heterocycles. The van der Waals surface area contributed by atoms with Crippen LogP contribution in [0, 0.1) is 6.92 Å². The number of ether oxygens (including phenoxy) is 1. The molecule has 0 aliphatic carbocycles. The molecule has 0 fully saturated rings. The standard InChI is InChI=1S/C17H25N3O/c1-5-18-16(8-7-14-11-19-20(3)12-14)15-10-13(2)6-9-17(15)21-4/h6,9-12,16,18H,5,7-8H2,1-4H3. The summed E-state index contributed by atoms with van der Waals surface area (Å²) in [6, 6.07) is 6.66. The molecule has 1 aromatic heterocycles. The number of rotatable bonds is 7. The zero-order chi connectivity index (χ0) is 15.2. The number of nitrogens with zero attached hydrogens (tertiary/aromatic N) is 2. The van der Waals surface area contributed by atoms with Crippen LogP contribution >= 0.6 is 0 Å². The molecule has 1 heterocycles. The van der Waals surface area contributed by atoms with Crippen LogP contribution in [0.1, 0.15) is 36.1 Å². The van der Waals surface area contributed by atoms with E-state index in [2.05, 4.69) is 48.7 Å². The van der Waals surface area contributed by atoms with Gasteiger partial charge in [-0.1, -0.05) is 24.6 Å². The second kappa shape index (κ2) is 7.27. The molecule has 1 N–H and O–H groups in total. The van der Waals surface area contributed by atoms with Gasteiger partial charge in [0.15, 0.2) is 0 Å². The second-order valence-electron chi connectivity index (χ2n) is 5.42. The van der Waals surface area contributed by atoms with Crippen LogP contribution in [0.5, 0.6) is 5.75 Å². The number of aromatic nitrogens is 2. The summed E-state index contributed by atoms with van der Waals surface area (Å²) >= 11 is 0. The minimum absolute atomic E-state index is 0.296. The summed E-state index contributed by atoms with van der Waals surface area (Å²) < 4.78 is 7.38. The van der Waals surface area contributed by atoms with Gasteiger partial charge < -0.3 is 10.1 Å². The first-order chi connectivity index (χ1) is 10.1. The number of methoxy groups -OCH3 is 1. The number of hydrogen-bond acceptors (Lipinski definition) is 3. The van der Waals surface area contributed by atoms with Gasteiger partial charge in [0, 0.05) is 24.8 Å². The first-order valence-corrected chi connectivity index (χ1v) is 7.49. The fraction of sp³-hybridized carbons (Fsp3) is 0.471. The van der Waals surface area contributed by atoms with E-state index in [4.69, 9.17) is 4.74 Å². The number of benzene rings is 1. The van der Waals surface area contributed by atoms with Crippen LogP contribution in [-0.2, 0) is 13.5 Å². The number of hydrogen-bond donors (Lipinski definition) is 1. The minimum Gasteiger partial charge on any atom is -0.496 e. The van der Waals surface area contributed by atoms with E-state index in [0.29, 0.717) is 6.04 Å². The molecular weight excluding hydrogens is 262 g/mol. The van der Waals surface area contributed by atoms with Gasteiger partial charge in [-0.05, 0) is 37.9 Å². The first-order valence-electron chi connectivity index (χ1n) is 7.49. The molecule has 0 saturated carbocycles. The van der Waals surface area contributed by atoms with E-state index < -0.39 is 0 Å². The molecule has 114 valence electrons. The lowest BCUT2D eigenvalue weighted by Gasteiger charge is -2.21. The Hall–Kier alpha value is -1.81. The predicted octanol–water partition coefficient (Wildman–Crippen LogP) is 3.02. The molecule has 21 heavy (non-hydrogen) atoms.